The zero-order valence-electron chi connectivity index (χ0n) is 19.6. The van der Waals surface area contributed by atoms with Gasteiger partial charge in [-0.15, -0.1) is 5.92 Å². The Hall–Kier alpha value is -3.72. The Balaban J connectivity index is 0.000000943. The number of halogens is 2. The number of nitrogens with one attached hydrogen (secondary N) is 1. The van der Waals surface area contributed by atoms with Crippen LogP contribution >= 0.6 is 0 Å². The van der Waals surface area contributed by atoms with E-state index in [4.69, 9.17) is 10.5 Å². The van der Waals surface area contributed by atoms with Crippen LogP contribution in [-0.2, 0) is 10.8 Å². The van der Waals surface area contributed by atoms with E-state index in [1.165, 1.54) is 37.7 Å². The van der Waals surface area contributed by atoms with Crippen LogP contribution in [0.5, 0.6) is 5.88 Å². The molecule has 3 unspecified atom stereocenters. The van der Waals surface area contributed by atoms with Gasteiger partial charge in [0.05, 0.1) is 35.4 Å². The Labute approximate surface area is 209 Å². The molecule has 3 aromatic heterocycles. The van der Waals surface area contributed by atoms with Crippen LogP contribution in [0.3, 0.4) is 0 Å². The van der Waals surface area contributed by atoms with E-state index < -0.39 is 34.7 Å². The molecule has 3 aromatic rings. The molecule has 0 bridgehead atoms. The molecule has 0 aromatic carbocycles. The summed E-state index contributed by atoms with van der Waals surface area (Å²) in [7, 11) is -1.61. The van der Waals surface area contributed by atoms with Gasteiger partial charge in [-0.1, -0.05) is 25.2 Å². The molecule has 0 spiro atoms. The minimum absolute atomic E-state index is 0.0550. The molecule has 1 saturated carbocycles. The average Bonchev–Trinajstić information content (AvgIpc) is 3.75. The highest BCUT2D eigenvalue weighted by molar-refractivity contribution is 7.86. The summed E-state index contributed by atoms with van der Waals surface area (Å²) in [6, 6.07) is 2.32. The SMILES string of the molecule is C1CC1.CC#CCOc1cnc2c(Nc3cnc(F)c(C4CS(=O)C(CF)C(N)=N4)c3)nccc2n1. The molecule has 3 atom stereocenters. The van der Waals surface area contributed by atoms with Crippen LogP contribution in [0.1, 0.15) is 37.8 Å². The lowest BCUT2D eigenvalue weighted by atomic mass is 10.1. The van der Waals surface area contributed by atoms with Gasteiger partial charge in [0, 0.05) is 22.6 Å². The fourth-order valence-corrected chi connectivity index (χ4v) is 4.46. The van der Waals surface area contributed by atoms with E-state index in [9.17, 15) is 13.0 Å². The van der Waals surface area contributed by atoms with Crippen LogP contribution in [0.15, 0.2) is 35.7 Å². The molecule has 0 saturated heterocycles. The number of fused-ring (bicyclic) bond motifs is 1. The van der Waals surface area contributed by atoms with Gasteiger partial charge in [-0.05, 0) is 19.1 Å². The summed E-state index contributed by atoms with van der Waals surface area (Å²) in [6.07, 6.45) is 8.78. The Morgan fingerprint density at radius 1 is 1.25 bits per heavy atom. The molecule has 1 aliphatic carbocycles. The highest BCUT2D eigenvalue weighted by atomic mass is 32.2. The quantitative estimate of drug-likeness (QED) is 0.379. The molecule has 0 amide bonds. The normalized spacial score (nSPS) is 20.3. The number of pyridine rings is 2. The molecular formula is C24H25F2N7O2S. The molecule has 2 aliphatic rings. The number of aromatic nitrogens is 4. The molecule has 9 nitrogen and oxygen atoms in total. The first-order valence-corrected chi connectivity index (χ1v) is 12.7. The van der Waals surface area contributed by atoms with Crippen molar-refractivity contribution in [1.82, 2.24) is 19.9 Å². The molecular weight excluding hydrogens is 488 g/mol. The van der Waals surface area contributed by atoms with Gasteiger partial charge in [-0.3, -0.25) is 9.20 Å². The third kappa shape index (κ3) is 6.28. The van der Waals surface area contributed by atoms with E-state index in [1.807, 2.05) is 0 Å². The third-order valence-corrected chi connectivity index (χ3v) is 6.81. The smallest absolute Gasteiger partial charge is 0.233 e. The van der Waals surface area contributed by atoms with Crippen LogP contribution in [0, 0.1) is 17.8 Å². The van der Waals surface area contributed by atoms with Crippen molar-refractivity contribution in [2.45, 2.75) is 37.5 Å². The maximum absolute atomic E-state index is 14.5. The second-order valence-electron chi connectivity index (χ2n) is 8.00. The Morgan fingerprint density at radius 3 is 2.75 bits per heavy atom. The van der Waals surface area contributed by atoms with Gasteiger partial charge in [0.25, 0.3) is 0 Å². The van der Waals surface area contributed by atoms with Crippen molar-refractivity contribution in [1.29, 1.82) is 0 Å². The lowest BCUT2D eigenvalue weighted by Crippen LogP contribution is -2.41. The summed E-state index contributed by atoms with van der Waals surface area (Å²) in [5, 5.41) is 2.07. The van der Waals surface area contributed by atoms with Gasteiger partial charge in [-0.25, -0.2) is 24.3 Å². The van der Waals surface area contributed by atoms with E-state index in [0.29, 0.717) is 28.4 Å². The van der Waals surface area contributed by atoms with E-state index in [2.05, 4.69) is 42.1 Å². The second-order valence-corrected chi connectivity index (χ2v) is 9.66. The number of anilines is 2. The molecule has 5 rings (SSSR count). The van der Waals surface area contributed by atoms with Gasteiger partial charge < -0.3 is 15.8 Å². The summed E-state index contributed by atoms with van der Waals surface area (Å²) < 4.78 is 45.2. The maximum atomic E-state index is 14.5. The summed E-state index contributed by atoms with van der Waals surface area (Å²) in [6.45, 7) is 1.02. The first-order valence-electron chi connectivity index (χ1n) is 11.3. The minimum atomic E-state index is -1.61. The lowest BCUT2D eigenvalue weighted by Gasteiger charge is -2.24. The molecule has 188 valence electrons. The third-order valence-electron chi connectivity index (χ3n) is 5.16. The molecule has 1 fully saturated rings. The highest BCUT2D eigenvalue weighted by Crippen LogP contribution is 2.29. The van der Waals surface area contributed by atoms with Gasteiger partial charge in [0.15, 0.2) is 12.4 Å². The Morgan fingerprint density at radius 2 is 2.06 bits per heavy atom. The van der Waals surface area contributed by atoms with Crippen molar-refractivity contribution >= 4 is 39.2 Å². The van der Waals surface area contributed by atoms with Gasteiger partial charge in [0.1, 0.15) is 23.3 Å². The fraction of sp³-hybridized carbons (Fsp3) is 0.375. The van der Waals surface area contributed by atoms with Crippen LogP contribution in [-0.4, -0.2) is 54.3 Å². The Bertz CT molecular complexity index is 1350. The average molecular weight is 514 g/mol. The van der Waals surface area contributed by atoms with E-state index in [0.717, 1.165) is 0 Å². The maximum Gasteiger partial charge on any atom is 0.233 e. The first kappa shape index (κ1) is 25.4. The zero-order chi connectivity index (χ0) is 25.5. The standard InChI is InChI=1S/C21H19F2N7O2S.C3H6/c1-2-3-6-32-17-10-26-18-14(29-17)4-5-25-21(18)28-12-7-13(19(23)27-9-12)15-11-33(31)16(8-22)20(24)30-15;1-2-3-1/h4-5,7,9-10,15-16H,6,8,11H2,1H3,(H2,24,30)(H,25,28);1-3H2. The van der Waals surface area contributed by atoms with Gasteiger partial charge >= 0.3 is 0 Å². The van der Waals surface area contributed by atoms with Crippen LogP contribution < -0.4 is 15.8 Å². The molecule has 0 radical (unpaired) electrons. The predicted octanol–water partition coefficient (Wildman–Crippen LogP) is 3.37. The van der Waals surface area contributed by atoms with Crippen molar-refractivity contribution in [3.05, 3.63) is 42.2 Å². The van der Waals surface area contributed by atoms with Gasteiger partial charge in [-0.2, -0.15) is 4.39 Å². The molecule has 36 heavy (non-hydrogen) atoms. The van der Waals surface area contributed by atoms with Crippen molar-refractivity contribution in [2.24, 2.45) is 10.7 Å². The zero-order valence-corrected chi connectivity index (χ0v) is 20.4. The topological polar surface area (TPSA) is 128 Å². The summed E-state index contributed by atoms with van der Waals surface area (Å²) in [5.74, 6) is 5.27. The van der Waals surface area contributed by atoms with Crippen LogP contribution in [0.4, 0.5) is 20.3 Å². The number of amidine groups is 1. The summed E-state index contributed by atoms with van der Waals surface area (Å²) in [4.78, 5) is 20.9. The van der Waals surface area contributed by atoms with Crippen molar-refractivity contribution in [3.8, 4) is 17.7 Å². The molecule has 4 heterocycles. The van der Waals surface area contributed by atoms with Crippen LogP contribution in [0.2, 0.25) is 0 Å². The van der Waals surface area contributed by atoms with Crippen molar-refractivity contribution < 1.29 is 17.7 Å². The number of hydrogen-bond acceptors (Lipinski definition) is 9. The molecule has 3 N–H and O–H groups in total. The van der Waals surface area contributed by atoms with E-state index in [1.54, 1.807) is 19.2 Å². The molecule has 1 aliphatic heterocycles. The first-order chi connectivity index (χ1) is 17.5. The molecule has 12 heteroatoms. The monoisotopic (exact) mass is 513 g/mol. The largest absolute Gasteiger partial charge is 0.463 e. The number of ether oxygens (including phenoxy) is 1. The predicted molar refractivity (Wildman–Crippen MR) is 135 cm³/mol. The minimum Gasteiger partial charge on any atom is -0.463 e. The second kappa shape index (κ2) is 11.8. The van der Waals surface area contributed by atoms with E-state index in [-0.39, 0.29) is 23.8 Å². The summed E-state index contributed by atoms with van der Waals surface area (Å²) in [5.41, 5.74) is 7.23. The number of nitrogens with two attached hydrogens (primary N) is 1. The van der Waals surface area contributed by atoms with Crippen molar-refractivity contribution in [3.63, 3.8) is 0 Å². The number of aliphatic imine (C=N–C) groups is 1. The number of rotatable bonds is 6. The van der Waals surface area contributed by atoms with Crippen molar-refractivity contribution in [2.75, 3.05) is 24.4 Å². The summed E-state index contributed by atoms with van der Waals surface area (Å²) >= 11 is 0. The lowest BCUT2D eigenvalue weighted by molar-refractivity contribution is 0.355. The highest BCUT2D eigenvalue weighted by Gasteiger charge is 2.32. The number of hydrogen-bond donors (Lipinski definition) is 2. The number of nitrogens with zero attached hydrogens (tertiary/aromatic N) is 5. The fourth-order valence-electron chi connectivity index (χ4n) is 3.19. The number of alkyl halides is 1. The van der Waals surface area contributed by atoms with E-state index >= 15 is 0 Å². The van der Waals surface area contributed by atoms with Crippen LogP contribution in [0.25, 0.3) is 11.0 Å². The van der Waals surface area contributed by atoms with Gasteiger partial charge in [0.2, 0.25) is 11.8 Å². The Kier molecular flexibility index (Phi) is 8.32.